The molecule has 3 rings (SSSR count). The van der Waals surface area contributed by atoms with Gasteiger partial charge in [-0.05, 0) is 39.0 Å². The fraction of sp³-hybridized carbons (Fsp3) is 0.722. The van der Waals surface area contributed by atoms with E-state index in [-0.39, 0.29) is 11.9 Å². The minimum Gasteiger partial charge on any atom is -0.384 e. The largest absolute Gasteiger partial charge is 0.384 e. The first-order chi connectivity index (χ1) is 12.0. The number of carbonyl (C=O) groups is 1. The topological polar surface area (TPSA) is 84.6 Å². The average molecular weight is 347 g/mol. The van der Waals surface area contributed by atoms with Crippen LogP contribution in [0.15, 0.2) is 0 Å². The van der Waals surface area contributed by atoms with Crippen molar-refractivity contribution in [3.8, 4) is 0 Å². The van der Waals surface area contributed by atoms with Gasteiger partial charge in [-0.3, -0.25) is 4.79 Å². The predicted octanol–water partition coefficient (Wildman–Crippen LogP) is 1.13. The molecule has 0 aromatic carbocycles. The van der Waals surface area contributed by atoms with Crippen LogP contribution >= 0.6 is 0 Å². The van der Waals surface area contributed by atoms with Gasteiger partial charge in [-0.15, -0.1) is 0 Å². The molecule has 1 amide bonds. The van der Waals surface area contributed by atoms with Crippen molar-refractivity contribution in [3.63, 3.8) is 0 Å². The molecule has 1 atom stereocenters. The highest BCUT2D eigenvalue weighted by Crippen LogP contribution is 2.25. The number of methoxy groups -OCH3 is 1. The second-order valence-electron chi connectivity index (χ2n) is 7.27. The summed E-state index contributed by atoms with van der Waals surface area (Å²) in [5, 5.41) is 0. The van der Waals surface area contributed by atoms with E-state index in [1.807, 2.05) is 18.7 Å². The maximum absolute atomic E-state index is 12.9. The van der Waals surface area contributed by atoms with Gasteiger partial charge in [-0.2, -0.15) is 0 Å². The normalized spacial score (nSPS) is 21.8. The van der Waals surface area contributed by atoms with Crippen molar-refractivity contribution in [2.45, 2.75) is 39.2 Å². The summed E-state index contributed by atoms with van der Waals surface area (Å²) in [7, 11) is 1.73. The number of hydrogen-bond donors (Lipinski definition) is 1. The summed E-state index contributed by atoms with van der Waals surface area (Å²) in [6.07, 6.45) is 2.90. The smallest absolute Gasteiger partial charge is 0.291 e. The van der Waals surface area contributed by atoms with E-state index >= 15 is 0 Å². The van der Waals surface area contributed by atoms with E-state index in [4.69, 9.17) is 10.5 Å². The average Bonchev–Trinajstić information content (AvgIpc) is 3.04. The molecule has 0 unspecified atom stereocenters. The molecule has 0 bridgehead atoms. The number of anilines is 1. The highest BCUT2D eigenvalue weighted by atomic mass is 16.5. The molecule has 2 fully saturated rings. The van der Waals surface area contributed by atoms with Gasteiger partial charge in [0.2, 0.25) is 5.82 Å². The van der Waals surface area contributed by atoms with Crippen molar-refractivity contribution in [3.05, 3.63) is 17.1 Å². The summed E-state index contributed by atoms with van der Waals surface area (Å²) in [5.74, 6) is 1.64. The zero-order valence-corrected chi connectivity index (χ0v) is 15.5. The molecule has 2 aliphatic rings. The van der Waals surface area contributed by atoms with Crippen LogP contribution in [0, 0.1) is 19.8 Å². The Kier molecular flexibility index (Phi) is 5.54. The number of aryl methyl sites for hydroxylation is 1. The van der Waals surface area contributed by atoms with Crippen LogP contribution in [0.5, 0.6) is 0 Å². The predicted molar refractivity (Wildman–Crippen MR) is 96.8 cm³/mol. The summed E-state index contributed by atoms with van der Waals surface area (Å²) in [6, 6.07) is 0.175. The molecular formula is C18H29N5O2. The molecule has 7 nitrogen and oxygen atoms in total. The van der Waals surface area contributed by atoms with Crippen molar-refractivity contribution < 1.29 is 9.53 Å². The lowest BCUT2D eigenvalue weighted by atomic mass is 9.98. The number of nitrogens with zero attached hydrogens (tertiary/aromatic N) is 4. The number of hydrogen-bond acceptors (Lipinski definition) is 6. The third kappa shape index (κ3) is 3.93. The SMILES string of the molecule is COCC1CCN(C(=O)c2nc(C)c(C)c(N3CC[C@@H](N)C3)n2)CC1. The van der Waals surface area contributed by atoms with Gasteiger partial charge >= 0.3 is 0 Å². The van der Waals surface area contributed by atoms with Crippen LogP contribution in [0.4, 0.5) is 5.82 Å². The molecule has 1 aromatic rings. The molecular weight excluding hydrogens is 318 g/mol. The third-order valence-electron chi connectivity index (χ3n) is 5.38. The first kappa shape index (κ1) is 18.1. The summed E-state index contributed by atoms with van der Waals surface area (Å²) < 4.78 is 5.23. The van der Waals surface area contributed by atoms with Crippen LogP contribution in [-0.2, 0) is 4.74 Å². The molecule has 0 radical (unpaired) electrons. The zero-order valence-electron chi connectivity index (χ0n) is 15.5. The molecule has 2 N–H and O–H groups in total. The number of rotatable bonds is 4. The van der Waals surface area contributed by atoms with E-state index in [0.717, 1.165) is 69.1 Å². The number of amides is 1. The second kappa shape index (κ2) is 7.66. The summed E-state index contributed by atoms with van der Waals surface area (Å²) >= 11 is 0. The number of likely N-dealkylation sites (tertiary alicyclic amines) is 1. The Bertz CT molecular complexity index is 628. The molecule has 7 heteroatoms. The van der Waals surface area contributed by atoms with Gasteiger partial charge < -0.3 is 20.3 Å². The standard InChI is InChI=1S/C18H29N5O2/c1-12-13(2)20-16(21-17(12)23-9-6-15(19)10-23)18(24)22-7-4-14(5-8-22)11-25-3/h14-15H,4-11,19H2,1-3H3/t15-/m1/s1. The molecule has 25 heavy (non-hydrogen) atoms. The molecule has 0 saturated carbocycles. The lowest BCUT2D eigenvalue weighted by Crippen LogP contribution is -2.40. The van der Waals surface area contributed by atoms with E-state index in [0.29, 0.717) is 11.7 Å². The lowest BCUT2D eigenvalue weighted by Gasteiger charge is -2.31. The second-order valence-corrected chi connectivity index (χ2v) is 7.27. The monoisotopic (exact) mass is 347 g/mol. The molecule has 0 spiro atoms. The Morgan fingerprint density at radius 3 is 2.52 bits per heavy atom. The first-order valence-corrected chi connectivity index (χ1v) is 9.13. The number of carbonyl (C=O) groups excluding carboxylic acids is 1. The van der Waals surface area contributed by atoms with E-state index in [2.05, 4.69) is 14.9 Å². The molecule has 1 aromatic heterocycles. The fourth-order valence-corrected chi connectivity index (χ4v) is 3.68. The number of aromatic nitrogens is 2. The molecule has 138 valence electrons. The van der Waals surface area contributed by atoms with E-state index in [1.165, 1.54) is 0 Å². The third-order valence-corrected chi connectivity index (χ3v) is 5.38. The molecule has 2 saturated heterocycles. The highest BCUT2D eigenvalue weighted by molar-refractivity contribution is 5.91. The van der Waals surface area contributed by atoms with Gasteiger partial charge in [0.25, 0.3) is 5.91 Å². The van der Waals surface area contributed by atoms with Crippen LogP contribution in [0.2, 0.25) is 0 Å². The Morgan fingerprint density at radius 1 is 1.20 bits per heavy atom. The maximum Gasteiger partial charge on any atom is 0.291 e. The van der Waals surface area contributed by atoms with Crippen LogP contribution in [0.25, 0.3) is 0 Å². The number of nitrogens with two attached hydrogens (primary N) is 1. The van der Waals surface area contributed by atoms with Gasteiger partial charge in [0.15, 0.2) is 0 Å². The van der Waals surface area contributed by atoms with Gasteiger partial charge in [-0.25, -0.2) is 9.97 Å². The maximum atomic E-state index is 12.9. The summed E-state index contributed by atoms with van der Waals surface area (Å²) in [4.78, 5) is 26.0. The van der Waals surface area contributed by atoms with Gasteiger partial charge in [0.05, 0.1) is 0 Å². The number of ether oxygens (including phenoxy) is 1. The van der Waals surface area contributed by atoms with E-state index < -0.39 is 0 Å². The Hall–Kier alpha value is -1.73. The first-order valence-electron chi connectivity index (χ1n) is 9.13. The van der Waals surface area contributed by atoms with E-state index in [9.17, 15) is 4.79 Å². The zero-order chi connectivity index (χ0) is 18.0. The lowest BCUT2D eigenvalue weighted by molar-refractivity contribution is 0.0602. The quantitative estimate of drug-likeness (QED) is 0.879. The van der Waals surface area contributed by atoms with E-state index in [1.54, 1.807) is 7.11 Å². The van der Waals surface area contributed by atoms with Crippen molar-refractivity contribution in [1.29, 1.82) is 0 Å². The Morgan fingerprint density at radius 2 is 1.92 bits per heavy atom. The van der Waals surface area contributed by atoms with Crippen molar-refractivity contribution in [2.24, 2.45) is 11.7 Å². The van der Waals surface area contributed by atoms with Crippen molar-refractivity contribution >= 4 is 11.7 Å². The Labute approximate surface area is 149 Å². The van der Waals surface area contributed by atoms with Crippen LogP contribution < -0.4 is 10.6 Å². The summed E-state index contributed by atoms with van der Waals surface area (Å²) in [6.45, 7) is 7.88. The van der Waals surface area contributed by atoms with Gasteiger partial charge in [0, 0.05) is 57.2 Å². The fourth-order valence-electron chi connectivity index (χ4n) is 3.68. The summed E-state index contributed by atoms with van der Waals surface area (Å²) in [5.41, 5.74) is 7.93. The number of piperidine rings is 1. The Balaban J connectivity index is 1.76. The van der Waals surface area contributed by atoms with Crippen LogP contribution in [-0.4, -0.2) is 66.7 Å². The van der Waals surface area contributed by atoms with Crippen LogP contribution in [0.1, 0.15) is 41.1 Å². The molecule has 0 aliphatic carbocycles. The van der Waals surface area contributed by atoms with Gasteiger partial charge in [0.1, 0.15) is 5.82 Å². The molecule has 2 aliphatic heterocycles. The minimum atomic E-state index is -0.0660. The van der Waals surface area contributed by atoms with Crippen LogP contribution in [0.3, 0.4) is 0 Å². The highest BCUT2D eigenvalue weighted by Gasteiger charge is 2.28. The van der Waals surface area contributed by atoms with Gasteiger partial charge in [-0.1, -0.05) is 0 Å². The minimum absolute atomic E-state index is 0.0660. The molecule has 3 heterocycles. The van der Waals surface area contributed by atoms with Crippen molar-refractivity contribution in [2.75, 3.05) is 44.8 Å². The van der Waals surface area contributed by atoms with Crippen molar-refractivity contribution in [1.82, 2.24) is 14.9 Å².